The smallest absolute Gasteiger partial charge is 0.261 e. The van der Waals surface area contributed by atoms with Gasteiger partial charge in [-0.3, -0.25) is 4.72 Å². The third-order valence-corrected chi connectivity index (χ3v) is 6.58. The summed E-state index contributed by atoms with van der Waals surface area (Å²) < 4.78 is 27.9. The molecule has 26 heavy (non-hydrogen) atoms. The van der Waals surface area contributed by atoms with E-state index in [1.54, 1.807) is 36.4 Å². The Kier molecular flexibility index (Phi) is 4.46. The first-order valence-corrected chi connectivity index (χ1v) is 10.4. The van der Waals surface area contributed by atoms with Crippen LogP contribution < -0.4 is 4.72 Å². The Labute approximate surface area is 154 Å². The number of benzene rings is 2. The van der Waals surface area contributed by atoms with E-state index in [1.807, 2.05) is 12.1 Å². The van der Waals surface area contributed by atoms with Gasteiger partial charge >= 0.3 is 0 Å². The van der Waals surface area contributed by atoms with Crippen LogP contribution in [0, 0.1) is 0 Å². The van der Waals surface area contributed by atoms with Crippen LogP contribution >= 0.6 is 0 Å². The molecular formula is C20H23N3O2S. The summed E-state index contributed by atoms with van der Waals surface area (Å²) in [5, 5.41) is 1.10. The van der Waals surface area contributed by atoms with Gasteiger partial charge in [0.2, 0.25) is 0 Å². The Morgan fingerprint density at radius 1 is 1.08 bits per heavy atom. The monoisotopic (exact) mass is 369 g/mol. The van der Waals surface area contributed by atoms with Gasteiger partial charge in [0.05, 0.1) is 4.90 Å². The molecule has 1 fully saturated rings. The van der Waals surface area contributed by atoms with Crippen LogP contribution in [0.25, 0.3) is 10.9 Å². The molecule has 0 atom stereocenters. The van der Waals surface area contributed by atoms with Gasteiger partial charge in [-0.15, -0.1) is 0 Å². The standard InChI is InChI=1S/C20H23N3O2S/c1-23-11-9-15(10-12-23)19-14-21-20-8-7-16(13-18(19)20)22-26(24,25)17-5-3-2-4-6-17/h2-8,13-15,21-22H,9-12H2,1H3. The number of aromatic amines is 1. The van der Waals surface area contributed by atoms with Gasteiger partial charge in [-0.1, -0.05) is 18.2 Å². The van der Waals surface area contributed by atoms with Crippen LogP contribution in [0.3, 0.4) is 0 Å². The Bertz CT molecular complexity index is 1000. The lowest BCUT2D eigenvalue weighted by Gasteiger charge is -2.28. The molecule has 0 bridgehead atoms. The largest absolute Gasteiger partial charge is 0.361 e. The Balaban J connectivity index is 1.64. The molecule has 2 heterocycles. The fraction of sp³-hybridized carbons (Fsp3) is 0.300. The van der Waals surface area contributed by atoms with E-state index in [2.05, 4.69) is 27.9 Å². The molecule has 3 aromatic rings. The molecule has 136 valence electrons. The summed E-state index contributed by atoms with van der Waals surface area (Å²) >= 11 is 0. The van der Waals surface area contributed by atoms with Crippen molar-refractivity contribution in [2.45, 2.75) is 23.7 Å². The van der Waals surface area contributed by atoms with Crippen molar-refractivity contribution >= 4 is 26.6 Å². The molecule has 1 saturated heterocycles. The van der Waals surface area contributed by atoms with Crippen molar-refractivity contribution in [3.05, 3.63) is 60.3 Å². The van der Waals surface area contributed by atoms with Crippen LogP contribution in [0.2, 0.25) is 0 Å². The summed E-state index contributed by atoms with van der Waals surface area (Å²) in [4.78, 5) is 5.95. The number of H-pyrrole nitrogens is 1. The number of piperidine rings is 1. The second-order valence-electron chi connectivity index (χ2n) is 7.00. The first kappa shape index (κ1) is 17.1. The second kappa shape index (κ2) is 6.78. The average Bonchev–Trinajstić information content (AvgIpc) is 3.06. The van der Waals surface area contributed by atoms with Crippen LogP contribution in [-0.2, 0) is 10.0 Å². The summed E-state index contributed by atoms with van der Waals surface area (Å²) in [7, 11) is -1.42. The number of nitrogens with zero attached hydrogens (tertiary/aromatic N) is 1. The van der Waals surface area contributed by atoms with Gasteiger partial charge in [0, 0.05) is 22.8 Å². The van der Waals surface area contributed by atoms with E-state index >= 15 is 0 Å². The minimum Gasteiger partial charge on any atom is -0.361 e. The van der Waals surface area contributed by atoms with Crippen molar-refractivity contribution in [3.8, 4) is 0 Å². The van der Waals surface area contributed by atoms with Crippen molar-refractivity contribution in [1.82, 2.24) is 9.88 Å². The van der Waals surface area contributed by atoms with Crippen LogP contribution in [0.15, 0.2) is 59.6 Å². The highest BCUT2D eigenvalue weighted by atomic mass is 32.2. The van der Waals surface area contributed by atoms with Crippen molar-refractivity contribution in [3.63, 3.8) is 0 Å². The van der Waals surface area contributed by atoms with Gasteiger partial charge in [0.1, 0.15) is 0 Å². The Hall–Kier alpha value is -2.31. The number of fused-ring (bicyclic) bond motifs is 1. The van der Waals surface area contributed by atoms with E-state index in [4.69, 9.17) is 0 Å². The van der Waals surface area contributed by atoms with E-state index in [1.165, 1.54) is 5.56 Å². The van der Waals surface area contributed by atoms with Gasteiger partial charge in [0.15, 0.2) is 0 Å². The van der Waals surface area contributed by atoms with Gasteiger partial charge in [-0.2, -0.15) is 0 Å². The number of aromatic nitrogens is 1. The molecule has 0 spiro atoms. The lowest BCUT2D eigenvalue weighted by molar-refractivity contribution is 0.256. The number of anilines is 1. The minimum absolute atomic E-state index is 0.268. The lowest BCUT2D eigenvalue weighted by Crippen LogP contribution is -2.29. The molecule has 2 N–H and O–H groups in total. The molecule has 0 radical (unpaired) electrons. The molecule has 0 aliphatic carbocycles. The highest BCUT2D eigenvalue weighted by molar-refractivity contribution is 7.92. The van der Waals surface area contributed by atoms with Gasteiger partial charge in [0.25, 0.3) is 10.0 Å². The first-order valence-electron chi connectivity index (χ1n) is 8.90. The predicted octanol–water partition coefficient (Wildman–Crippen LogP) is 3.78. The zero-order valence-electron chi connectivity index (χ0n) is 14.8. The maximum absolute atomic E-state index is 12.6. The molecule has 6 heteroatoms. The van der Waals surface area contributed by atoms with Crippen molar-refractivity contribution in [1.29, 1.82) is 0 Å². The molecular weight excluding hydrogens is 346 g/mol. The summed E-state index contributed by atoms with van der Waals surface area (Å²) in [6.45, 7) is 2.19. The molecule has 0 amide bonds. The Morgan fingerprint density at radius 3 is 2.54 bits per heavy atom. The predicted molar refractivity (Wildman–Crippen MR) is 105 cm³/mol. The van der Waals surface area contributed by atoms with Gasteiger partial charge in [-0.25, -0.2) is 8.42 Å². The minimum atomic E-state index is -3.58. The van der Waals surface area contributed by atoms with Crippen LogP contribution in [0.5, 0.6) is 0 Å². The van der Waals surface area contributed by atoms with E-state index < -0.39 is 10.0 Å². The van der Waals surface area contributed by atoms with E-state index in [-0.39, 0.29) is 4.90 Å². The lowest BCUT2D eigenvalue weighted by atomic mass is 9.89. The molecule has 1 aliphatic rings. The zero-order valence-corrected chi connectivity index (χ0v) is 15.6. The van der Waals surface area contributed by atoms with Crippen LogP contribution in [0.1, 0.15) is 24.3 Å². The van der Waals surface area contributed by atoms with Gasteiger partial charge < -0.3 is 9.88 Å². The number of sulfonamides is 1. The second-order valence-corrected chi connectivity index (χ2v) is 8.68. The number of nitrogens with one attached hydrogen (secondary N) is 2. The normalized spacial score (nSPS) is 16.8. The summed E-state index contributed by atoms with van der Waals surface area (Å²) in [6, 6.07) is 14.1. The first-order chi connectivity index (χ1) is 12.5. The van der Waals surface area contributed by atoms with Gasteiger partial charge in [-0.05, 0) is 74.8 Å². The molecule has 1 aliphatic heterocycles. The highest BCUT2D eigenvalue weighted by Crippen LogP contribution is 2.34. The maximum atomic E-state index is 12.6. The quantitative estimate of drug-likeness (QED) is 0.736. The molecule has 4 rings (SSSR count). The molecule has 5 nitrogen and oxygen atoms in total. The fourth-order valence-corrected chi connectivity index (χ4v) is 4.75. The number of likely N-dealkylation sites (tertiary alicyclic amines) is 1. The number of hydrogen-bond donors (Lipinski definition) is 2. The number of rotatable bonds is 4. The van der Waals surface area contributed by atoms with Crippen molar-refractivity contribution in [2.24, 2.45) is 0 Å². The highest BCUT2D eigenvalue weighted by Gasteiger charge is 2.21. The third kappa shape index (κ3) is 3.34. The van der Waals surface area contributed by atoms with Crippen molar-refractivity contribution in [2.75, 3.05) is 24.9 Å². The number of hydrogen-bond acceptors (Lipinski definition) is 3. The summed E-state index contributed by atoms with van der Waals surface area (Å²) in [5.74, 6) is 0.515. The van der Waals surface area contributed by atoms with E-state index in [0.717, 1.165) is 36.8 Å². The van der Waals surface area contributed by atoms with Crippen molar-refractivity contribution < 1.29 is 8.42 Å². The topological polar surface area (TPSA) is 65.2 Å². The van der Waals surface area contributed by atoms with Crippen LogP contribution in [0.4, 0.5) is 5.69 Å². The Morgan fingerprint density at radius 2 is 1.81 bits per heavy atom. The van der Waals surface area contributed by atoms with Crippen LogP contribution in [-0.4, -0.2) is 38.4 Å². The summed E-state index contributed by atoms with van der Waals surface area (Å²) in [5.41, 5.74) is 2.92. The molecule has 0 saturated carbocycles. The summed E-state index contributed by atoms with van der Waals surface area (Å²) in [6.07, 6.45) is 4.34. The third-order valence-electron chi connectivity index (χ3n) is 5.18. The zero-order chi connectivity index (χ0) is 18.1. The van der Waals surface area contributed by atoms with E-state index in [9.17, 15) is 8.42 Å². The maximum Gasteiger partial charge on any atom is 0.261 e. The van der Waals surface area contributed by atoms with E-state index in [0.29, 0.717) is 11.6 Å². The molecule has 1 aromatic heterocycles. The molecule has 2 aromatic carbocycles. The SMILES string of the molecule is CN1CCC(c2c[nH]c3ccc(NS(=O)(=O)c4ccccc4)cc23)CC1. The average molecular weight is 369 g/mol. The molecule has 0 unspecified atom stereocenters. The fourth-order valence-electron chi connectivity index (χ4n) is 3.68.